The first kappa shape index (κ1) is 19.4. The van der Waals surface area contributed by atoms with Crippen molar-refractivity contribution in [1.82, 2.24) is 0 Å². The molecule has 0 aliphatic carbocycles. The normalized spacial score (nSPS) is 10.7. The Morgan fingerprint density at radius 3 is 2.38 bits per heavy atom. The summed E-state index contributed by atoms with van der Waals surface area (Å²) >= 11 is 0. The van der Waals surface area contributed by atoms with Crippen LogP contribution in [0.1, 0.15) is 19.3 Å². The Labute approximate surface area is 136 Å². The molecule has 2 aromatic carbocycles. The van der Waals surface area contributed by atoms with E-state index in [1.165, 1.54) is 0 Å². The molecule has 2 aromatic rings. The second kappa shape index (κ2) is 12.2. The summed E-state index contributed by atoms with van der Waals surface area (Å²) in [5, 5.41) is 12.0. The molecule has 2 rings (SSSR count). The van der Waals surface area contributed by atoms with Crippen LogP contribution in [0.15, 0.2) is 54.6 Å². The Bertz CT molecular complexity index is 424. The van der Waals surface area contributed by atoms with E-state index in [0.29, 0.717) is 13.0 Å². The molecular weight excluding hydrogens is 308 g/mol. The van der Waals surface area contributed by atoms with E-state index in [2.05, 4.69) is 5.32 Å². The van der Waals surface area contributed by atoms with Gasteiger partial charge < -0.3 is 16.2 Å². The van der Waals surface area contributed by atoms with E-state index in [0.717, 1.165) is 18.5 Å². The van der Waals surface area contributed by atoms with Crippen LogP contribution in [0.4, 0.5) is 5.69 Å². The van der Waals surface area contributed by atoms with Gasteiger partial charge in [-0.15, -0.1) is 6.07 Å². The number of carbonyl (C=O) groups is 1. The van der Waals surface area contributed by atoms with Crippen molar-refractivity contribution in [2.75, 3.05) is 11.9 Å². The maximum Gasteiger partial charge on any atom is 2.00 e. The van der Waals surface area contributed by atoms with E-state index in [1.54, 1.807) is 0 Å². The zero-order valence-corrected chi connectivity index (χ0v) is 13.0. The molecule has 1 atom stereocenters. The average molecular weight is 330 g/mol. The summed E-state index contributed by atoms with van der Waals surface area (Å²) in [7, 11) is 0. The summed E-state index contributed by atoms with van der Waals surface area (Å²) in [4.78, 5) is 10.9. The molecule has 0 fully saturated rings. The molecule has 4 N–H and O–H groups in total. The first-order valence-corrected chi connectivity index (χ1v) is 6.82. The zero-order chi connectivity index (χ0) is 14.6. The van der Waals surface area contributed by atoms with Crippen LogP contribution in [0, 0.1) is 0 Å². The van der Waals surface area contributed by atoms with Gasteiger partial charge in [0.05, 0.1) is 0 Å². The van der Waals surface area contributed by atoms with Crippen molar-refractivity contribution >= 4 is 11.7 Å². The standard InChI is InChI=1S/C11H17N2O2.C5H5.Fe/c12-8-4-3-7-10(11(14)15)13-9-5-1-2-6-9;1-2-4-5-3-1;/h1-2,5-6,10,13H,3-4,7-8,12H2,(H,14,15);1-5H;/q2*-1;+2/t10-;;/m0../s1. The molecule has 21 heavy (non-hydrogen) atoms. The van der Waals surface area contributed by atoms with Gasteiger partial charge in [-0.3, -0.25) is 0 Å². The first-order chi connectivity index (χ1) is 9.74. The van der Waals surface area contributed by atoms with Crippen molar-refractivity contribution < 1.29 is 27.0 Å². The zero-order valence-electron chi connectivity index (χ0n) is 11.9. The predicted molar refractivity (Wildman–Crippen MR) is 82.0 cm³/mol. The smallest absolute Gasteiger partial charge is 0.480 e. The Kier molecular flexibility index (Phi) is 11.3. The third-order valence-corrected chi connectivity index (χ3v) is 2.80. The van der Waals surface area contributed by atoms with E-state index in [1.807, 2.05) is 54.6 Å². The maximum atomic E-state index is 10.9. The molecule has 0 radical (unpaired) electrons. The van der Waals surface area contributed by atoms with Gasteiger partial charge in [0.2, 0.25) is 0 Å². The topological polar surface area (TPSA) is 75.3 Å². The van der Waals surface area contributed by atoms with E-state index in [9.17, 15) is 4.79 Å². The third-order valence-electron chi connectivity index (χ3n) is 2.80. The molecule has 0 amide bonds. The molecule has 5 heteroatoms. The van der Waals surface area contributed by atoms with Crippen LogP contribution in [0.5, 0.6) is 0 Å². The molecular formula is C16H22FeN2O2. The molecule has 116 valence electrons. The molecule has 0 heterocycles. The maximum absolute atomic E-state index is 10.9. The van der Waals surface area contributed by atoms with Crippen LogP contribution in [0.3, 0.4) is 0 Å². The Hall–Kier alpha value is -1.55. The van der Waals surface area contributed by atoms with Crippen LogP contribution >= 0.6 is 0 Å². The Balaban J connectivity index is 0.000000562. The number of hydrogen-bond acceptors (Lipinski definition) is 3. The van der Waals surface area contributed by atoms with Crippen LogP contribution < -0.4 is 11.1 Å². The minimum Gasteiger partial charge on any atom is -0.480 e. The van der Waals surface area contributed by atoms with Gasteiger partial charge in [-0.1, -0.05) is 5.69 Å². The van der Waals surface area contributed by atoms with Crippen molar-refractivity contribution in [2.24, 2.45) is 5.73 Å². The number of aliphatic carboxylic acids is 1. The van der Waals surface area contributed by atoms with Gasteiger partial charge in [0.1, 0.15) is 6.04 Å². The van der Waals surface area contributed by atoms with Crippen LogP contribution in [0.2, 0.25) is 0 Å². The quantitative estimate of drug-likeness (QED) is 0.415. The summed E-state index contributed by atoms with van der Waals surface area (Å²) in [5.41, 5.74) is 6.22. The molecule has 0 spiro atoms. The summed E-state index contributed by atoms with van der Waals surface area (Å²) in [6, 6.07) is 17.0. The number of carboxylic acid groups (broad SMARTS) is 1. The number of rotatable bonds is 7. The van der Waals surface area contributed by atoms with Gasteiger partial charge in [-0.2, -0.15) is 30.3 Å². The minimum atomic E-state index is -0.812. The van der Waals surface area contributed by atoms with Crippen molar-refractivity contribution in [1.29, 1.82) is 0 Å². The monoisotopic (exact) mass is 330 g/mol. The minimum absolute atomic E-state index is 0. The Morgan fingerprint density at radius 1 is 1.24 bits per heavy atom. The molecule has 0 aliphatic rings. The Morgan fingerprint density at radius 2 is 1.95 bits per heavy atom. The second-order valence-corrected chi connectivity index (χ2v) is 4.46. The number of nitrogens with one attached hydrogen (secondary N) is 1. The fourth-order valence-electron chi connectivity index (χ4n) is 1.74. The number of carboxylic acids is 1. The van der Waals surface area contributed by atoms with Crippen LogP contribution in [0.25, 0.3) is 0 Å². The molecule has 0 saturated carbocycles. The molecule has 0 unspecified atom stereocenters. The average Bonchev–Trinajstić information content (AvgIpc) is 3.13. The van der Waals surface area contributed by atoms with E-state index >= 15 is 0 Å². The first-order valence-electron chi connectivity index (χ1n) is 6.82. The molecule has 4 nitrogen and oxygen atoms in total. The SMILES string of the molecule is NCCCC[C@H](Nc1ccc[cH-]1)C(=O)O.[Fe+2].c1cc[cH-]c1. The predicted octanol–water partition coefficient (Wildman–Crippen LogP) is 2.80. The fourth-order valence-corrected chi connectivity index (χ4v) is 1.74. The van der Waals surface area contributed by atoms with Gasteiger partial charge in [-0.25, -0.2) is 23.0 Å². The molecule has 0 aliphatic heterocycles. The largest absolute Gasteiger partial charge is 2.00 e. The van der Waals surface area contributed by atoms with Crippen molar-refractivity contribution in [3.05, 3.63) is 54.6 Å². The number of hydrogen-bond donors (Lipinski definition) is 3. The van der Waals surface area contributed by atoms with Gasteiger partial charge in [0, 0.05) is 0 Å². The third kappa shape index (κ3) is 9.08. The van der Waals surface area contributed by atoms with Crippen LogP contribution in [-0.2, 0) is 21.9 Å². The van der Waals surface area contributed by atoms with E-state index in [4.69, 9.17) is 10.8 Å². The van der Waals surface area contributed by atoms with Gasteiger partial charge >= 0.3 is 23.0 Å². The van der Waals surface area contributed by atoms with Crippen molar-refractivity contribution in [3.63, 3.8) is 0 Å². The van der Waals surface area contributed by atoms with Gasteiger partial charge in [-0.05, 0) is 25.8 Å². The molecule has 0 aromatic heterocycles. The summed E-state index contributed by atoms with van der Waals surface area (Å²) in [6.45, 7) is 0.614. The molecule has 0 bridgehead atoms. The van der Waals surface area contributed by atoms with Crippen molar-refractivity contribution in [3.8, 4) is 0 Å². The van der Waals surface area contributed by atoms with E-state index in [-0.39, 0.29) is 17.1 Å². The summed E-state index contributed by atoms with van der Waals surface area (Å²) < 4.78 is 0. The fraction of sp³-hybridized carbons (Fsp3) is 0.312. The summed E-state index contributed by atoms with van der Waals surface area (Å²) in [5.74, 6) is -0.812. The van der Waals surface area contributed by atoms with E-state index < -0.39 is 12.0 Å². The number of nitrogens with two attached hydrogens (primary N) is 1. The molecule has 0 saturated heterocycles. The van der Waals surface area contributed by atoms with Gasteiger partial charge in [0.25, 0.3) is 0 Å². The second-order valence-electron chi connectivity index (χ2n) is 4.46. The van der Waals surface area contributed by atoms with Gasteiger partial charge in [0.15, 0.2) is 0 Å². The summed E-state index contributed by atoms with van der Waals surface area (Å²) in [6.07, 6.45) is 2.31. The van der Waals surface area contributed by atoms with Crippen LogP contribution in [-0.4, -0.2) is 23.7 Å². The van der Waals surface area contributed by atoms with Crippen molar-refractivity contribution in [2.45, 2.75) is 25.3 Å². The number of anilines is 1. The number of unbranched alkanes of at least 4 members (excludes halogenated alkanes) is 1.